The van der Waals surface area contributed by atoms with Crippen molar-refractivity contribution in [1.29, 1.82) is 0 Å². The van der Waals surface area contributed by atoms with Crippen molar-refractivity contribution in [3.05, 3.63) is 57.0 Å². The minimum absolute atomic E-state index is 0.637. The molecular formula is C15H13Br2NO3. The van der Waals surface area contributed by atoms with Gasteiger partial charge in [0, 0.05) is 10.2 Å². The highest BCUT2D eigenvalue weighted by molar-refractivity contribution is 9.10. The zero-order chi connectivity index (χ0) is 15.4. The fourth-order valence-corrected chi connectivity index (χ4v) is 2.69. The molecule has 2 N–H and O–H groups in total. The van der Waals surface area contributed by atoms with E-state index in [-0.39, 0.29) is 0 Å². The van der Waals surface area contributed by atoms with Gasteiger partial charge in [0.1, 0.15) is 5.75 Å². The van der Waals surface area contributed by atoms with E-state index in [9.17, 15) is 9.90 Å². The second-order valence-electron chi connectivity index (χ2n) is 4.32. The van der Waals surface area contributed by atoms with Gasteiger partial charge < -0.3 is 15.2 Å². The Morgan fingerprint density at radius 1 is 1.19 bits per heavy atom. The van der Waals surface area contributed by atoms with Crippen LogP contribution in [0.4, 0.5) is 5.69 Å². The van der Waals surface area contributed by atoms with Gasteiger partial charge in [-0.05, 0) is 57.9 Å². The van der Waals surface area contributed by atoms with E-state index >= 15 is 0 Å². The van der Waals surface area contributed by atoms with Crippen LogP contribution < -0.4 is 10.1 Å². The maximum atomic E-state index is 11.5. The molecule has 0 radical (unpaired) electrons. The largest absolute Gasteiger partial charge is 0.496 e. The second kappa shape index (κ2) is 6.95. The molecule has 0 aromatic heterocycles. The highest BCUT2D eigenvalue weighted by Crippen LogP contribution is 2.30. The number of rotatable bonds is 5. The predicted octanol–water partition coefficient (Wildman–Crippen LogP) is 4.46. The SMILES string of the molecule is COc1ccc(C(Nc2ccc(Br)cc2)C(=O)O)cc1Br. The molecule has 1 atom stereocenters. The Bertz CT molecular complexity index is 644. The summed E-state index contributed by atoms with van der Waals surface area (Å²) in [6, 6.07) is 11.7. The van der Waals surface area contributed by atoms with Crippen LogP contribution >= 0.6 is 31.9 Å². The quantitative estimate of drug-likeness (QED) is 0.758. The van der Waals surface area contributed by atoms with E-state index in [1.807, 2.05) is 24.3 Å². The summed E-state index contributed by atoms with van der Waals surface area (Å²) < 4.78 is 6.80. The van der Waals surface area contributed by atoms with E-state index in [1.54, 1.807) is 25.3 Å². The average Bonchev–Trinajstić information content (AvgIpc) is 2.46. The maximum Gasteiger partial charge on any atom is 0.330 e. The number of hydrogen-bond acceptors (Lipinski definition) is 3. The Morgan fingerprint density at radius 3 is 2.38 bits per heavy atom. The van der Waals surface area contributed by atoms with Gasteiger partial charge in [0.15, 0.2) is 6.04 Å². The van der Waals surface area contributed by atoms with E-state index in [2.05, 4.69) is 37.2 Å². The van der Waals surface area contributed by atoms with Crippen molar-refractivity contribution < 1.29 is 14.6 Å². The lowest BCUT2D eigenvalue weighted by Crippen LogP contribution is -2.20. The van der Waals surface area contributed by atoms with E-state index in [0.29, 0.717) is 15.8 Å². The smallest absolute Gasteiger partial charge is 0.330 e. The van der Waals surface area contributed by atoms with Gasteiger partial charge in [-0.25, -0.2) is 4.79 Å². The van der Waals surface area contributed by atoms with Crippen LogP contribution in [-0.2, 0) is 4.79 Å². The number of benzene rings is 2. The molecule has 0 saturated heterocycles. The van der Waals surface area contributed by atoms with Crippen molar-refractivity contribution in [2.75, 3.05) is 12.4 Å². The topological polar surface area (TPSA) is 58.6 Å². The molecule has 0 amide bonds. The zero-order valence-corrected chi connectivity index (χ0v) is 14.3. The molecule has 110 valence electrons. The molecule has 0 aliphatic heterocycles. The molecule has 0 aliphatic carbocycles. The van der Waals surface area contributed by atoms with E-state index in [1.165, 1.54) is 0 Å². The predicted molar refractivity (Wildman–Crippen MR) is 88.8 cm³/mol. The first-order chi connectivity index (χ1) is 10.0. The average molecular weight is 415 g/mol. The standard InChI is InChI=1S/C15H13Br2NO3/c1-21-13-7-2-9(8-12(13)17)14(15(19)20)18-11-5-3-10(16)4-6-11/h2-8,14,18H,1H3,(H,19,20). The van der Waals surface area contributed by atoms with Crippen molar-refractivity contribution in [1.82, 2.24) is 0 Å². The van der Waals surface area contributed by atoms with Gasteiger partial charge in [-0.3, -0.25) is 0 Å². The van der Waals surface area contributed by atoms with Gasteiger partial charge in [-0.15, -0.1) is 0 Å². The molecule has 2 aromatic carbocycles. The van der Waals surface area contributed by atoms with Gasteiger partial charge in [0.05, 0.1) is 11.6 Å². The Morgan fingerprint density at radius 2 is 1.86 bits per heavy atom. The number of anilines is 1. The van der Waals surface area contributed by atoms with Crippen LogP contribution in [0.5, 0.6) is 5.75 Å². The summed E-state index contributed by atoms with van der Waals surface area (Å²) in [5.41, 5.74) is 1.37. The normalized spacial score (nSPS) is 11.8. The van der Waals surface area contributed by atoms with Crippen LogP contribution in [-0.4, -0.2) is 18.2 Å². The summed E-state index contributed by atoms with van der Waals surface area (Å²) in [5.74, 6) is -0.290. The number of carboxylic acid groups (broad SMARTS) is 1. The third-order valence-electron chi connectivity index (χ3n) is 2.91. The molecule has 0 heterocycles. The number of halogens is 2. The molecule has 0 saturated carbocycles. The fraction of sp³-hybridized carbons (Fsp3) is 0.133. The number of carboxylic acids is 1. The zero-order valence-electron chi connectivity index (χ0n) is 11.1. The van der Waals surface area contributed by atoms with E-state index in [4.69, 9.17) is 4.74 Å². The van der Waals surface area contributed by atoms with Crippen LogP contribution in [0, 0.1) is 0 Å². The molecule has 2 aromatic rings. The first kappa shape index (κ1) is 15.9. The van der Waals surface area contributed by atoms with E-state index in [0.717, 1.165) is 10.2 Å². The summed E-state index contributed by atoms with van der Waals surface area (Å²) in [6.45, 7) is 0. The van der Waals surface area contributed by atoms with Crippen LogP contribution in [0.25, 0.3) is 0 Å². The van der Waals surface area contributed by atoms with Gasteiger partial charge in [0.2, 0.25) is 0 Å². The Kier molecular flexibility index (Phi) is 5.25. The van der Waals surface area contributed by atoms with Crippen LogP contribution in [0.15, 0.2) is 51.4 Å². The molecular weight excluding hydrogens is 402 g/mol. The lowest BCUT2D eigenvalue weighted by atomic mass is 10.1. The molecule has 0 fully saturated rings. The van der Waals surface area contributed by atoms with Crippen LogP contribution in [0.1, 0.15) is 11.6 Å². The summed E-state index contributed by atoms with van der Waals surface area (Å²) in [6.07, 6.45) is 0. The number of aliphatic carboxylic acids is 1. The maximum absolute atomic E-state index is 11.5. The number of hydrogen-bond donors (Lipinski definition) is 2. The minimum atomic E-state index is -0.949. The minimum Gasteiger partial charge on any atom is -0.496 e. The number of nitrogens with one attached hydrogen (secondary N) is 1. The summed E-state index contributed by atoms with van der Waals surface area (Å²) in [5, 5.41) is 12.4. The lowest BCUT2D eigenvalue weighted by Gasteiger charge is -2.17. The number of ether oxygens (including phenoxy) is 1. The van der Waals surface area contributed by atoms with Gasteiger partial charge in [-0.1, -0.05) is 22.0 Å². The van der Waals surface area contributed by atoms with Gasteiger partial charge >= 0.3 is 5.97 Å². The first-order valence-electron chi connectivity index (χ1n) is 6.09. The van der Waals surface area contributed by atoms with Crippen molar-refractivity contribution >= 4 is 43.5 Å². The Hall–Kier alpha value is -1.53. The van der Waals surface area contributed by atoms with Crippen LogP contribution in [0.3, 0.4) is 0 Å². The summed E-state index contributed by atoms with van der Waals surface area (Å²) in [4.78, 5) is 11.5. The molecule has 0 spiro atoms. The molecule has 6 heteroatoms. The fourth-order valence-electron chi connectivity index (χ4n) is 1.86. The highest BCUT2D eigenvalue weighted by atomic mass is 79.9. The molecule has 21 heavy (non-hydrogen) atoms. The lowest BCUT2D eigenvalue weighted by molar-refractivity contribution is -0.138. The highest BCUT2D eigenvalue weighted by Gasteiger charge is 2.20. The van der Waals surface area contributed by atoms with Crippen molar-refractivity contribution in [2.24, 2.45) is 0 Å². The van der Waals surface area contributed by atoms with Crippen LogP contribution in [0.2, 0.25) is 0 Å². The van der Waals surface area contributed by atoms with E-state index < -0.39 is 12.0 Å². The first-order valence-corrected chi connectivity index (χ1v) is 7.68. The Balaban J connectivity index is 2.28. The monoisotopic (exact) mass is 413 g/mol. The van der Waals surface area contributed by atoms with Gasteiger partial charge in [-0.2, -0.15) is 0 Å². The Labute approximate surface area is 139 Å². The third kappa shape index (κ3) is 3.98. The molecule has 0 aliphatic rings. The summed E-state index contributed by atoms with van der Waals surface area (Å²) >= 11 is 6.71. The molecule has 1 unspecified atom stereocenters. The molecule has 4 nitrogen and oxygen atoms in total. The molecule has 0 bridgehead atoms. The molecule has 2 rings (SSSR count). The second-order valence-corrected chi connectivity index (χ2v) is 6.09. The number of carbonyl (C=O) groups is 1. The van der Waals surface area contributed by atoms with Crippen molar-refractivity contribution in [2.45, 2.75) is 6.04 Å². The van der Waals surface area contributed by atoms with Gasteiger partial charge in [0.25, 0.3) is 0 Å². The third-order valence-corrected chi connectivity index (χ3v) is 4.06. The summed E-state index contributed by atoms with van der Waals surface area (Å²) in [7, 11) is 1.56. The van der Waals surface area contributed by atoms with Crippen molar-refractivity contribution in [3.63, 3.8) is 0 Å². The van der Waals surface area contributed by atoms with Crippen molar-refractivity contribution in [3.8, 4) is 5.75 Å². The number of methoxy groups -OCH3 is 1.